The number of anilines is 1. The summed E-state index contributed by atoms with van der Waals surface area (Å²) in [6.45, 7) is 2.48. The maximum Gasteiger partial charge on any atom is 0.145 e. The minimum Gasteiger partial charge on any atom is -0.382 e. The van der Waals surface area contributed by atoms with Crippen molar-refractivity contribution in [3.8, 4) is 6.07 Å². The number of hydrogen-bond acceptors (Lipinski definition) is 4. The van der Waals surface area contributed by atoms with Gasteiger partial charge in [0.1, 0.15) is 5.82 Å². The Morgan fingerprint density at radius 2 is 2.26 bits per heavy atom. The average molecular weight is 255 g/mol. The van der Waals surface area contributed by atoms with Gasteiger partial charge in [0, 0.05) is 19.3 Å². The predicted octanol–water partition coefficient (Wildman–Crippen LogP) is 1.47. The van der Waals surface area contributed by atoms with Gasteiger partial charge in [-0.3, -0.25) is 4.68 Å². The predicted molar refractivity (Wildman–Crippen MR) is 74.1 cm³/mol. The van der Waals surface area contributed by atoms with E-state index in [1.165, 1.54) is 0 Å². The number of rotatable bonds is 5. The second-order valence-electron chi connectivity index (χ2n) is 4.55. The molecule has 2 N–H and O–H groups in total. The minimum atomic E-state index is 0.546. The van der Waals surface area contributed by atoms with E-state index in [1.807, 2.05) is 42.2 Å². The molecular formula is C14H17N5. The number of nitrogens with zero attached hydrogens (tertiary/aromatic N) is 4. The standard InChI is InChI=1S/C14H17N5/c1-18(7-8-19-6-5-14(16)17-19)11-13-4-2-3-12(9-13)10-15/h2-6,9H,7-8,11H2,1H3,(H2,16,17). The lowest BCUT2D eigenvalue weighted by Crippen LogP contribution is -2.23. The van der Waals surface area contributed by atoms with E-state index in [-0.39, 0.29) is 0 Å². The number of hydrogen-bond donors (Lipinski definition) is 1. The Balaban J connectivity index is 1.87. The van der Waals surface area contributed by atoms with Gasteiger partial charge >= 0.3 is 0 Å². The van der Waals surface area contributed by atoms with Crippen LogP contribution in [0.3, 0.4) is 0 Å². The van der Waals surface area contributed by atoms with Crippen molar-refractivity contribution in [3.63, 3.8) is 0 Å². The molecule has 0 fully saturated rings. The molecule has 1 aromatic heterocycles. The van der Waals surface area contributed by atoms with E-state index in [0.29, 0.717) is 11.4 Å². The highest BCUT2D eigenvalue weighted by Crippen LogP contribution is 2.07. The highest BCUT2D eigenvalue weighted by Gasteiger charge is 2.02. The first-order valence-electron chi connectivity index (χ1n) is 6.14. The monoisotopic (exact) mass is 255 g/mol. The first-order valence-corrected chi connectivity index (χ1v) is 6.14. The summed E-state index contributed by atoms with van der Waals surface area (Å²) in [5, 5.41) is 13.0. The Morgan fingerprint density at radius 3 is 2.95 bits per heavy atom. The number of likely N-dealkylation sites (N-methyl/N-ethyl adjacent to an activating group) is 1. The van der Waals surface area contributed by atoms with Crippen molar-refractivity contribution in [2.24, 2.45) is 0 Å². The lowest BCUT2D eigenvalue weighted by molar-refractivity contribution is 0.305. The lowest BCUT2D eigenvalue weighted by atomic mass is 10.1. The molecule has 2 rings (SSSR count). The zero-order valence-electron chi connectivity index (χ0n) is 11.0. The van der Waals surface area contributed by atoms with Gasteiger partial charge in [-0.05, 0) is 30.8 Å². The van der Waals surface area contributed by atoms with Crippen LogP contribution in [0.5, 0.6) is 0 Å². The third-order valence-corrected chi connectivity index (χ3v) is 2.88. The first kappa shape index (κ1) is 13.1. The van der Waals surface area contributed by atoms with Crippen LogP contribution in [-0.4, -0.2) is 28.3 Å². The molecule has 0 aliphatic carbocycles. The maximum atomic E-state index is 8.86. The van der Waals surface area contributed by atoms with Crippen LogP contribution in [0.2, 0.25) is 0 Å². The Morgan fingerprint density at radius 1 is 1.42 bits per heavy atom. The number of nitrogen functional groups attached to an aromatic ring is 1. The van der Waals surface area contributed by atoms with Gasteiger partial charge in [0.25, 0.3) is 0 Å². The van der Waals surface area contributed by atoms with Crippen LogP contribution in [0.15, 0.2) is 36.5 Å². The topological polar surface area (TPSA) is 70.9 Å². The van der Waals surface area contributed by atoms with Crippen molar-refractivity contribution in [3.05, 3.63) is 47.7 Å². The van der Waals surface area contributed by atoms with Crippen molar-refractivity contribution >= 4 is 5.82 Å². The highest BCUT2D eigenvalue weighted by molar-refractivity contribution is 5.32. The normalized spacial score (nSPS) is 10.6. The molecule has 2 aromatic rings. The van der Waals surface area contributed by atoms with Gasteiger partial charge in [-0.15, -0.1) is 0 Å². The smallest absolute Gasteiger partial charge is 0.145 e. The zero-order valence-corrected chi connectivity index (χ0v) is 11.0. The molecular weight excluding hydrogens is 238 g/mol. The van der Waals surface area contributed by atoms with E-state index in [9.17, 15) is 0 Å². The highest BCUT2D eigenvalue weighted by atomic mass is 15.3. The molecule has 0 unspecified atom stereocenters. The van der Waals surface area contributed by atoms with Gasteiger partial charge < -0.3 is 10.6 Å². The fourth-order valence-corrected chi connectivity index (χ4v) is 1.91. The summed E-state index contributed by atoms with van der Waals surface area (Å²) < 4.78 is 1.83. The van der Waals surface area contributed by atoms with Gasteiger partial charge in [0.15, 0.2) is 0 Å². The van der Waals surface area contributed by atoms with Crippen LogP contribution in [0.25, 0.3) is 0 Å². The molecule has 0 radical (unpaired) electrons. The summed E-state index contributed by atoms with van der Waals surface area (Å²) in [4.78, 5) is 2.19. The summed E-state index contributed by atoms with van der Waals surface area (Å²) in [5.41, 5.74) is 7.40. The largest absolute Gasteiger partial charge is 0.382 e. The molecule has 5 nitrogen and oxygen atoms in total. The molecule has 0 aliphatic rings. The zero-order chi connectivity index (χ0) is 13.7. The lowest BCUT2D eigenvalue weighted by Gasteiger charge is -2.16. The van der Waals surface area contributed by atoms with Crippen LogP contribution < -0.4 is 5.73 Å². The summed E-state index contributed by atoms with van der Waals surface area (Å²) >= 11 is 0. The molecule has 19 heavy (non-hydrogen) atoms. The molecule has 0 atom stereocenters. The Bertz CT molecular complexity index is 582. The van der Waals surface area contributed by atoms with Gasteiger partial charge in [0.05, 0.1) is 18.2 Å². The van der Waals surface area contributed by atoms with E-state index in [0.717, 1.165) is 25.2 Å². The van der Waals surface area contributed by atoms with E-state index in [1.54, 1.807) is 6.07 Å². The SMILES string of the molecule is CN(CCn1ccc(N)n1)Cc1cccc(C#N)c1. The van der Waals surface area contributed by atoms with Gasteiger partial charge in [-0.25, -0.2) is 0 Å². The number of aromatic nitrogens is 2. The molecule has 0 aliphatic heterocycles. The number of nitrogens with two attached hydrogens (primary N) is 1. The van der Waals surface area contributed by atoms with Crippen molar-refractivity contribution in [1.29, 1.82) is 5.26 Å². The molecule has 98 valence electrons. The van der Waals surface area contributed by atoms with E-state index < -0.39 is 0 Å². The van der Waals surface area contributed by atoms with Crippen molar-refractivity contribution in [1.82, 2.24) is 14.7 Å². The molecule has 1 heterocycles. The minimum absolute atomic E-state index is 0.546. The summed E-state index contributed by atoms with van der Waals surface area (Å²) in [7, 11) is 2.05. The molecule has 0 saturated heterocycles. The summed E-state index contributed by atoms with van der Waals surface area (Å²) in [6, 6.07) is 11.6. The second-order valence-corrected chi connectivity index (χ2v) is 4.55. The molecule has 0 saturated carbocycles. The van der Waals surface area contributed by atoms with Gasteiger partial charge in [0.2, 0.25) is 0 Å². The molecule has 5 heteroatoms. The van der Waals surface area contributed by atoms with E-state index >= 15 is 0 Å². The van der Waals surface area contributed by atoms with Crippen molar-refractivity contribution in [2.45, 2.75) is 13.1 Å². The van der Waals surface area contributed by atoms with Crippen LogP contribution in [0.4, 0.5) is 5.82 Å². The third kappa shape index (κ3) is 3.83. The molecule has 0 amide bonds. The van der Waals surface area contributed by atoms with Crippen LogP contribution in [0, 0.1) is 11.3 Å². The van der Waals surface area contributed by atoms with Gasteiger partial charge in [-0.2, -0.15) is 10.4 Å². The molecule has 0 bridgehead atoms. The molecule has 0 spiro atoms. The van der Waals surface area contributed by atoms with Crippen LogP contribution >= 0.6 is 0 Å². The second kappa shape index (κ2) is 6.03. The Kier molecular flexibility index (Phi) is 4.16. The fourth-order valence-electron chi connectivity index (χ4n) is 1.91. The summed E-state index contributed by atoms with van der Waals surface area (Å²) in [6.07, 6.45) is 1.87. The first-order chi connectivity index (χ1) is 9.17. The van der Waals surface area contributed by atoms with E-state index in [2.05, 4.69) is 16.1 Å². The molecule has 1 aromatic carbocycles. The van der Waals surface area contributed by atoms with Crippen LogP contribution in [-0.2, 0) is 13.1 Å². The summed E-state index contributed by atoms with van der Waals surface area (Å²) in [5.74, 6) is 0.546. The number of nitriles is 1. The third-order valence-electron chi connectivity index (χ3n) is 2.88. The Labute approximate surface area is 112 Å². The average Bonchev–Trinajstić information content (AvgIpc) is 2.82. The van der Waals surface area contributed by atoms with Crippen LogP contribution in [0.1, 0.15) is 11.1 Å². The number of benzene rings is 1. The fraction of sp³-hybridized carbons (Fsp3) is 0.286. The van der Waals surface area contributed by atoms with Gasteiger partial charge in [-0.1, -0.05) is 12.1 Å². The maximum absolute atomic E-state index is 8.86. The quantitative estimate of drug-likeness (QED) is 0.878. The van der Waals surface area contributed by atoms with Crippen molar-refractivity contribution in [2.75, 3.05) is 19.3 Å². The Hall–Kier alpha value is -2.32. The van der Waals surface area contributed by atoms with E-state index in [4.69, 9.17) is 11.0 Å². The van der Waals surface area contributed by atoms with Crippen molar-refractivity contribution < 1.29 is 0 Å².